The molecule has 1 aromatic heterocycles. The van der Waals surface area contributed by atoms with Gasteiger partial charge in [-0.25, -0.2) is 0 Å². The minimum atomic E-state index is 0.190. The number of rotatable bonds is 2. The third-order valence-electron chi connectivity index (χ3n) is 2.27. The van der Waals surface area contributed by atoms with E-state index in [0.717, 1.165) is 28.9 Å². The van der Waals surface area contributed by atoms with Crippen LogP contribution in [0.2, 0.25) is 0 Å². The van der Waals surface area contributed by atoms with E-state index in [2.05, 4.69) is 21.2 Å². The molecule has 70 valence electrons. The van der Waals surface area contributed by atoms with Crippen LogP contribution in [0.25, 0.3) is 0 Å². The van der Waals surface area contributed by atoms with Gasteiger partial charge in [0.2, 0.25) is 0 Å². The van der Waals surface area contributed by atoms with Gasteiger partial charge >= 0.3 is 0 Å². The van der Waals surface area contributed by atoms with Gasteiger partial charge in [0.15, 0.2) is 5.78 Å². The van der Waals surface area contributed by atoms with Gasteiger partial charge in [0.05, 0.1) is 4.88 Å². The van der Waals surface area contributed by atoms with Crippen molar-refractivity contribution in [3.05, 3.63) is 20.8 Å². The van der Waals surface area contributed by atoms with Crippen molar-refractivity contribution in [2.24, 2.45) is 5.92 Å². The molecule has 1 fully saturated rings. The van der Waals surface area contributed by atoms with Crippen molar-refractivity contribution in [3.8, 4) is 0 Å². The summed E-state index contributed by atoms with van der Waals surface area (Å²) in [5.74, 6) is 0.474. The summed E-state index contributed by atoms with van der Waals surface area (Å²) in [5.41, 5.74) is 0. The second-order valence-electron chi connectivity index (χ2n) is 3.15. The lowest BCUT2D eigenvalue weighted by atomic mass is 10.0. The Morgan fingerprint density at radius 1 is 1.69 bits per heavy atom. The number of thiophene rings is 1. The monoisotopic (exact) mass is 259 g/mol. The quantitative estimate of drug-likeness (QED) is 0.827. The zero-order valence-corrected chi connectivity index (χ0v) is 9.45. The fourth-order valence-electron chi connectivity index (χ4n) is 1.53. The lowest BCUT2D eigenvalue weighted by Gasteiger charge is -2.04. The number of carbonyl (C=O) groups is 1. The van der Waals surface area contributed by atoms with Crippen LogP contribution in [-0.2, 0) is 0 Å². The molecule has 1 N–H and O–H groups in total. The first-order chi connectivity index (χ1) is 6.29. The Kier molecular flexibility index (Phi) is 2.81. The Morgan fingerprint density at radius 2 is 2.54 bits per heavy atom. The molecule has 4 heteroatoms. The second kappa shape index (κ2) is 3.90. The van der Waals surface area contributed by atoms with Crippen LogP contribution in [0, 0.1) is 5.92 Å². The van der Waals surface area contributed by atoms with Gasteiger partial charge < -0.3 is 5.32 Å². The molecule has 13 heavy (non-hydrogen) atoms. The number of halogens is 1. The van der Waals surface area contributed by atoms with Crippen molar-refractivity contribution in [1.29, 1.82) is 0 Å². The molecular weight excluding hydrogens is 250 g/mol. The lowest BCUT2D eigenvalue weighted by Crippen LogP contribution is -2.17. The van der Waals surface area contributed by atoms with Crippen LogP contribution < -0.4 is 5.32 Å². The molecule has 1 aromatic rings. The highest BCUT2D eigenvalue weighted by Gasteiger charge is 2.25. The van der Waals surface area contributed by atoms with Gasteiger partial charge in [0.25, 0.3) is 0 Å². The van der Waals surface area contributed by atoms with E-state index in [1.54, 1.807) is 0 Å². The Labute approximate surface area is 89.5 Å². The average molecular weight is 260 g/mol. The van der Waals surface area contributed by atoms with Gasteiger partial charge in [0.1, 0.15) is 0 Å². The SMILES string of the molecule is O=C(c1sccc1Br)C1CCNC1. The summed E-state index contributed by atoms with van der Waals surface area (Å²) in [7, 11) is 0. The van der Waals surface area contributed by atoms with E-state index in [-0.39, 0.29) is 11.7 Å². The van der Waals surface area contributed by atoms with Crippen molar-refractivity contribution in [2.45, 2.75) is 6.42 Å². The number of hydrogen-bond acceptors (Lipinski definition) is 3. The van der Waals surface area contributed by atoms with E-state index in [1.165, 1.54) is 11.3 Å². The van der Waals surface area contributed by atoms with Crippen LogP contribution >= 0.6 is 27.3 Å². The van der Waals surface area contributed by atoms with Crippen molar-refractivity contribution in [3.63, 3.8) is 0 Å². The summed E-state index contributed by atoms with van der Waals surface area (Å²) < 4.78 is 0.939. The molecule has 1 atom stereocenters. The molecule has 2 nitrogen and oxygen atoms in total. The molecule has 1 unspecified atom stereocenters. The smallest absolute Gasteiger partial charge is 0.178 e. The normalized spacial score (nSPS) is 22.1. The zero-order chi connectivity index (χ0) is 9.26. The van der Waals surface area contributed by atoms with Crippen LogP contribution in [0.5, 0.6) is 0 Å². The molecule has 0 radical (unpaired) electrons. The molecule has 0 aliphatic carbocycles. The molecule has 1 saturated heterocycles. The number of carbonyl (C=O) groups excluding carboxylic acids is 1. The first-order valence-corrected chi connectivity index (χ1v) is 5.94. The predicted molar refractivity (Wildman–Crippen MR) is 57.3 cm³/mol. The lowest BCUT2D eigenvalue weighted by molar-refractivity contribution is 0.0934. The van der Waals surface area contributed by atoms with Crippen LogP contribution in [0.15, 0.2) is 15.9 Å². The number of ketones is 1. The highest BCUT2D eigenvalue weighted by atomic mass is 79.9. The van der Waals surface area contributed by atoms with E-state index in [0.29, 0.717) is 0 Å². The van der Waals surface area contributed by atoms with Crippen molar-refractivity contribution < 1.29 is 4.79 Å². The molecule has 0 saturated carbocycles. The van der Waals surface area contributed by atoms with E-state index in [1.807, 2.05) is 11.4 Å². The Bertz CT molecular complexity index is 317. The summed E-state index contributed by atoms with van der Waals surface area (Å²) in [6.45, 7) is 1.81. The van der Waals surface area contributed by atoms with Gasteiger partial charge in [-0.15, -0.1) is 11.3 Å². The molecule has 1 aliphatic heterocycles. The minimum Gasteiger partial charge on any atom is -0.316 e. The van der Waals surface area contributed by atoms with Gasteiger partial charge in [-0.1, -0.05) is 0 Å². The summed E-state index contributed by atoms with van der Waals surface area (Å²) in [5, 5.41) is 5.15. The predicted octanol–water partition coefficient (Wildman–Crippen LogP) is 2.30. The Balaban J connectivity index is 2.17. The van der Waals surface area contributed by atoms with Crippen LogP contribution in [0.1, 0.15) is 16.1 Å². The van der Waals surface area contributed by atoms with Gasteiger partial charge in [-0.2, -0.15) is 0 Å². The van der Waals surface area contributed by atoms with Crippen LogP contribution in [0.4, 0.5) is 0 Å². The molecule has 0 amide bonds. The molecule has 0 bridgehead atoms. The van der Waals surface area contributed by atoms with Gasteiger partial charge in [0, 0.05) is 16.9 Å². The van der Waals surface area contributed by atoms with E-state index >= 15 is 0 Å². The minimum absolute atomic E-state index is 0.190. The fourth-order valence-corrected chi connectivity index (χ4v) is 3.12. The third kappa shape index (κ3) is 1.85. The maximum atomic E-state index is 11.9. The number of nitrogens with one attached hydrogen (secondary N) is 1. The summed E-state index contributed by atoms with van der Waals surface area (Å²) in [4.78, 5) is 12.7. The zero-order valence-electron chi connectivity index (χ0n) is 7.05. The summed E-state index contributed by atoms with van der Waals surface area (Å²) in [6, 6.07) is 1.93. The maximum absolute atomic E-state index is 11.9. The second-order valence-corrected chi connectivity index (χ2v) is 4.92. The topological polar surface area (TPSA) is 29.1 Å². The highest BCUT2D eigenvalue weighted by Crippen LogP contribution is 2.27. The van der Waals surface area contributed by atoms with Gasteiger partial charge in [-0.05, 0) is 40.3 Å². The Morgan fingerprint density at radius 3 is 3.08 bits per heavy atom. The molecule has 2 heterocycles. The Hall–Kier alpha value is -0.190. The van der Waals surface area contributed by atoms with Crippen LogP contribution in [-0.4, -0.2) is 18.9 Å². The standard InChI is InChI=1S/C9H10BrNOS/c10-7-2-4-13-9(7)8(12)6-1-3-11-5-6/h2,4,6,11H,1,3,5H2. The summed E-state index contributed by atoms with van der Waals surface area (Å²) in [6.07, 6.45) is 0.975. The van der Waals surface area contributed by atoms with Crippen LogP contribution in [0.3, 0.4) is 0 Å². The third-order valence-corrected chi connectivity index (χ3v) is 4.12. The molecule has 0 aromatic carbocycles. The van der Waals surface area contributed by atoms with E-state index in [4.69, 9.17) is 0 Å². The first kappa shape index (κ1) is 9.37. The van der Waals surface area contributed by atoms with Crippen molar-refractivity contribution in [1.82, 2.24) is 5.32 Å². The van der Waals surface area contributed by atoms with Gasteiger partial charge in [-0.3, -0.25) is 4.79 Å². The molecular formula is C9H10BrNOS. The van der Waals surface area contributed by atoms with Crippen molar-refractivity contribution >= 4 is 33.0 Å². The molecule has 1 aliphatic rings. The van der Waals surface area contributed by atoms with E-state index < -0.39 is 0 Å². The maximum Gasteiger partial charge on any atom is 0.178 e. The average Bonchev–Trinajstić information content (AvgIpc) is 2.72. The highest BCUT2D eigenvalue weighted by molar-refractivity contribution is 9.10. The largest absolute Gasteiger partial charge is 0.316 e. The fraction of sp³-hybridized carbons (Fsp3) is 0.444. The number of hydrogen-bond donors (Lipinski definition) is 1. The summed E-state index contributed by atoms with van der Waals surface area (Å²) >= 11 is 4.90. The van der Waals surface area contributed by atoms with E-state index in [9.17, 15) is 4.79 Å². The first-order valence-electron chi connectivity index (χ1n) is 4.27. The molecule has 2 rings (SSSR count). The number of Topliss-reactive ketones (excluding diaryl/α,β-unsaturated/α-hetero) is 1. The molecule has 0 spiro atoms. The van der Waals surface area contributed by atoms with Crippen molar-refractivity contribution in [2.75, 3.05) is 13.1 Å².